The Morgan fingerprint density at radius 1 is 1.25 bits per heavy atom. The van der Waals surface area contributed by atoms with E-state index in [0.717, 1.165) is 10.9 Å². The van der Waals surface area contributed by atoms with Gasteiger partial charge in [0.2, 0.25) is 0 Å². The Balaban J connectivity index is 1.92. The van der Waals surface area contributed by atoms with E-state index in [1.54, 1.807) is 6.07 Å². The van der Waals surface area contributed by atoms with Crippen LogP contribution in [0.3, 0.4) is 0 Å². The fourth-order valence-corrected chi connectivity index (χ4v) is 2.83. The average Bonchev–Trinajstić information content (AvgIpc) is 2.38. The Hall–Kier alpha value is -1.26. The van der Waals surface area contributed by atoms with E-state index in [1.165, 1.54) is 11.1 Å². The third kappa shape index (κ3) is 4.12. The van der Waals surface area contributed by atoms with Gasteiger partial charge in [0, 0.05) is 15.9 Å². The molecule has 0 aliphatic heterocycles. The first kappa shape index (κ1) is 15.1. The van der Waals surface area contributed by atoms with Crippen molar-refractivity contribution in [1.29, 1.82) is 0 Å². The van der Waals surface area contributed by atoms with Crippen molar-refractivity contribution in [2.45, 2.75) is 18.2 Å². The van der Waals surface area contributed by atoms with Crippen LogP contribution in [0.2, 0.25) is 0 Å². The third-order valence-electron chi connectivity index (χ3n) is 2.99. The van der Waals surface area contributed by atoms with E-state index >= 15 is 0 Å². The lowest BCUT2D eigenvalue weighted by Crippen LogP contribution is -2.26. The highest BCUT2D eigenvalue weighted by molar-refractivity contribution is 9.10. The molecule has 0 aromatic heterocycles. The molecule has 0 saturated heterocycles. The molecule has 2 nitrogen and oxygen atoms in total. The predicted octanol–water partition coefficient (Wildman–Crippen LogP) is 4.02. The molecular weight excluding hydrogens is 334 g/mol. The SMILES string of the molecule is Cc1cccc(CCNC(=O)c2ccc(Br)cc2S)c1. The van der Waals surface area contributed by atoms with Crippen LogP contribution in [0.25, 0.3) is 0 Å². The number of rotatable bonds is 4. The Morgan fingerprint density at radius 3 is 2.75 bits per heavy atom. The van der Waals surface area contributed by atoms with E-state index in [2.05, 4.69) is 59.0 Å². The van der Waals surface area contributed by atoms with Gasteiger partial charge in [0.25, 0.3) is 5.91 Å². The van der Waals surface area contributed by atoms with E-state index in [4.69, 9.17) is 0 Å². The van der Waals surface area contributed by atoms with Gasteiger partial charge in [0.1, 0.15) is 0 Å². The van der Waals surface area contributed by atoms with Crippen molar-refractivity contribution in [2.75, 3.05) is 6.54 Å². The number of aryl methyl sites for hydroxylation is 1. The molecule has 1 N–H and O–H groups in total. The standard InChI is InChI=1S/C16H16BrNOS/c1-11-3-2-4-12(9-11)7-8-18-16(19)14-6-5-13(17)10-15(14)20/h2-6,9-10,20H,7-8H2,1H3,(H,18,19). The largest absolute Gasteiger partial charge is 0.352 e. The van der Waals surface area contributed by atoms with Crippen LogP contribution in [-0.2, 0) is 6.42 Å². The Kier molecular flexibility index (Phi) is 5.26. The average molecular weight is 350 g/mol. The minimum atomic E-state index is -0.0878. The summed E-state index contributed by atoms with van der Waals surface area (Å²) in [6.45, 7) is 2.68. The Morgan fingerprint density at radius 2 is 2.05 bits per heavy atom. The highest BCUT2D eigenvalue weighted by atomic mass is 79.9. The normalized spacial score (nSPS) is 10.3. The molecule has 0 saturated carbocycles. The van der Waals surface area contributed by atoms with Gasteiger partial charge < -0.3 is 5.32 Å². The van der Waals surface area contributed by atoms with E-state index in [9.17, 15) is 4.79 Å². The van der Waals surface area contributed by atoms with E-state index in [1.807, 2.05) is 18.2 Å². The number of nitrogens with one attached hydrogen (secondary N) is 1. The fourth-order valence-electron chi connectivity index (χ4n) is 1.98. The second-order valence-corrected chi connectivity index (χ2v) is 6.05. The molecule has 0 aliphatic carbocycles. The molecule has 104 valence electrons. The zero-order valence-corrected chi connectivity index (χ0v) is 13.7. The molecule has 0 unspecified atom stereocenters. The number of amides is 1. The number of benzene rings is 2. The van der Waals surface area contributed by atoms with Gasteiger partial charge >= 0.3 is 0 Å². The Labute approximate surface area is 133 Å². The molecule has 2 aromatic carbocycles. The molecule has 0 atom stereocenters. The minimum absolute atomic E-state index is 0.0878. The molecular formula is C16H16BrNOS. The smallest absolute Gasteiger partial charge is 0.252 e. The molecule has 2 aromatic rings. The van der Waals surface area contributed by atoms with Crippen LogP contribution in [0.15, 0.2) is 51.8 Å². The van der Waals surface area contributed by atoms with Gasteiger partial charge in [-0.15, -0.1) is 12.6 Å². The van der Waals surface area contributed by atoms with Gasteiger partial charge in [-0.05, 0) is 37.1 Å². The lowest BCUT2D eigenvalue weighted by Gasteiger charge is -2.08. The molecule has 1 amide bonds. The summed E-state index contributed by atoms with van der Waals surface area (Å²) in [6, 6.07) is 13.7. The maximum atomic E-state index is 12.1. The summed E-state index contributed by atoms with van der Waals surface area (Å²) in [6.07, 6.45) is 0.825. The van der Waals surface area contributed by atoms with Crippen molar-refractivity contribution in [2.24, 2.45) is 0 Å². The van der Waals surface area contributed by atoms with Crippen LogP contribution in [0.5, 0.6) is 0 Å². The summed E-state index contributed by atoms with van der Waals surface area (Å²) in [5.41, 5.74) is 3.06. The highest BCUT2D eigenvalue weighted by Gasteiger charge is 2.09. The van der Waals surface area contributed by atoms with Gasteiger partial charge in [-0.1, -0.05) is 45.8 Å². The molecule has 2 rings (SSSR count). The van der Waals surface area contributed by atoms with Crippen molar-refractivity contribution in [3.63, 3.8) is 0 Å². The summed E-state index contributed by atoms with van der Waals surface area (Å²) >= 11 is 7.68. The monoisotopic (exact) mass is 349 g/mol. The minimum Gasteiger partial charge on any atom is -0.352 e. The van der Waals surface area contributed by atoms with Gasteiger partial charge in [-0.2, -0.15) is 0 Å². The summed E-state index contributed by atoms with van der Waals surface area (Å²) in [4.78, 5) is 12.7. The van der Waals surface area contributed by atoms with E-state index in [-0.39, 0.29) is 5.91 Å². The molecule has 0 bridgehead atoms. The van der Waals surface area contributed by atoms with Crippen LogP contribution in [0.1, 0.15) is 21.5 Å². The van der Waals surface area contributed by atoms with Gasteiger partial charge in [0.05, 0.1) is 5.56 Å². The number of hydrogen-bond acceptors (Lipinski definition) is 2. The maximum Gasteiger partial charge on any atom is 0.252 e. The molecule has 0 fully saturated rings. The zero-order valence-electron chi connectivity index (χ0n) is 11.2. The van der Waals surface area contributed by atoms with Crippen molar-refractivity contribution < 1.29 is 4.79 Å². The van der Waals surface area contributed by atoms with Crippen molar-refractivity contribution in [3.05, 3.63) is 63.6 Å². The number of hydrogen-bond donors (Lipinski definition) is 2. The van der Waals surface area contributed by atoms with Crippen LogP contribution >= 0.6 is 28.6 Å². The predicted molar refractivity (Wildman–Crippen MR) is 88.6 cm³/mol. The van der Waals surface area contributed by atoms with Crippen molar-refractivity contribution in [3.8, 4) is 0 Å². The Bertz CT molecular complexity index is 628. The molecule has 0 aliphatic rings. The first-order valence-electron chi connectivity index (χ1n) is 6.38. The van der Waals surface area contributed by atoms with Crippen molar-refractivity contribution >= 4 is 34.5 Å². The lowest BCUT2D eigenvalue weighted by molar-refractivity contribution is 0.0951. The number of carbonyl (C=O) groups is 1. The number of thiol groups is 1. The lowest BCUT2D eigenvalue weighted by atomic mass is 10.1. The van der Waals surface area contributed by atoms with Gasteiger partial charge in [0.15, 0.2) is 0 Å². The quantitative estimate of drug-likeness (QED) is 0.802. The van der Waals surface area contributed by atoms with Crippen LogP contribution in [0.4, 0.5) is 0 Å². The second kappa shape index (κ2) is 6.95. The van der Waals surface area contributed by atoms with Crippen molar-refractivity contribution in [1.82, 2.24) is 5.32 Å². The fraction of sp³-hybridized carbons (Fsp3) is 0.188. The van der Waals surface area contributed by atoms with Gasteiger partial charge in [-0.3, -0.25) is 4.79 Å². The van der Waals surface area contributed by atoms with E-state index in [0.29, 0.717) is 17.0 Å². The topological polar surface area (TPSA) is 29.1 Å². The number of carbonyl (C=O) groups excluding carboxylic acids is 1. The first-order valence-corrected chi connectivity index (χ1v) is 7.62. The molecule has 0 spiro atoms. The molecule has 20 heavy (non-hydrogen) atoms. The number of halogens is 1. The summed E-state index contributed by atoms with van der Waals surface area (Å²) in [5.74, 6) is -0.0878. The second-order valence-electron chi connectivity index (χ2n) is 4.66. The van der Waals surface area contributed by atoms with E-state index < -0.39 is 0 Å². The van der Waals surface area contributed by atoms with Crippen LogP contribution in [0, 0.1) is 6.92 Å². The summed E-state index contributed by atoms with van der Waals surface area (Å²) in [7, 11) is 0. The third-order valence-corrected chi connectivity index (χ3v) is 3.85. The zero-order chi connectivity index (χ0) is 14.5. The van der Waals surface area contributed by atoms with Crippen LogP contribution < -0.4 is 5.32 Å². The molecule has 4 heteroatoms. The van der Waals surface area contributed by atoms with Crippen LogP contribution in [-0.4, -0.2) is 12.5 Å². The summed E-state index contributed by atoms with van der Waals surface area (Å²) in [5, 5.41) is 2.92. The summed E-state index contributed by atoms with van der Waals surface area (Å²) < 4.78 is 0.916. The maximum absolute atomic E-state index is 12.1. The molecule has 0 radical (unpaired) electrons. The highest BCUT2D eigenvalue weighted by Crippen LogP contribution is 2.19. The first-order chi connectivity index (χ1) is 9.56. The van der Waals surface area contributed by atoms with Gasteiger partial charge in [-0.25, -0.2) is 0 Å². The molecule has 0 heterocycles.